The Morgan fingerprint density at radius 2 is 1.65 bits per heavy atom. The van der Waals surface area contributed by atoms with E-state index >= 15 is 0 Å². The Morgan fingerprint density at radius 1 is 1.00 bits per heavy atom. The molecule has 0 spiro atoms. The Balaban J connectivity index is 2.10. The van der Waals surface area contributed by atoms with E-state index < -0.39 is 0 Å². The highest BCUT2D eigenvalue weighted by Gasteiger charge is 2.12. The maximum Gasteiger partial charge on any atom is 0.228 e. The largest absolute Gasteiger partial charge is 0.497 e. The van der Waals surface area contributed by atoms with Crippen LogP contribution in [0.1, 0.15) is 5.56 Å². The normalized spacial score (nSPS) is 10.1. The molecule has 0 fully saturated rings. The van der Waals surface area contributed by atoms with Gasteiger partial charge in [0.2, 0.25) is 5.91 Å². The molecule has 0 aliphatic heterocycles. The Kier molecular flexibility index (Phi) is 5.71. The number of hydrogen-bond donors (Lipinski definition) is 1. The fourth-order valence-electron chi connectivity index (χ4n) is 2.07. The summed E-state index contributed by atoms with van der Waals surface area (Å²) in [5.41, 5.74) is 1.29. The second-order valence-electron chi connectivity index (χ2n) is 4.75. The summed E-state index contributed by atoms with van der Waals surface area (Å²) < 4.78 is 15.5. The molecule has 0 saturated carbocycles. The molecule has 5 nitrogen and oxygen atoms in total. The van der Waals surface area contributed by atoms with E-state index in [2.05, 4.69) is 5.32 Å². The number of carbonyl (C=O) groups is 1. The molecule has 0 radical (unpaired) electrons. The van der Waals surface area contributed by atoms with E-state index in [1.54, 1.807) is 50.6 Å². The molecule has 1 amide bonds. The summed E-state index contributed by atoms with van der Waals surface area (Å²) in [7, 11) is 4.66. The van der Waals surface area contributed by atoms with Crippen molar-refractivity contribution in [1.82, 2.24) is 0 Å². The molecule has 0 bridgehead atoms. The van der Waals surface area contributed by atoms with Crippen LogP contribution in [0.5, 0.6) is 17.2 Å². The predicted octanol–water partition coefficient (Wildman–Crippen LogP) is 3.55. The minimum absolute atomic E-state index is 0.151. The first kappa shape index (κ1) is 17.0. The third-order valence-corrected chi connectivity index (χ3v) is 3.65. The first-order chi connectivity index (χ1) is 11.1. The summed E-state index contributed by atoms with van der Waals surface area (Å²) in [6, 6.07) is 10.4. The van der Waals surface area contributed by atoms with Gasteiger partial charge in [0.25, 0.3) is 0 Å². The number of rotatable bonds is 6. The second kappa shape index (κ2) is 7.74. The number of halogens is 1. The van der Waals surface area contributed by atoms with Crippen LogP contribution in [0.15, 0.2) is 36.4 Å². The molecule has 2 aromatic rings. The minimum atomic E-state index is -0.194. The van der Waals surface area contributed by atoms with Crippen LogP contribution in [0.3, 0.4) is 0 Å². The molecular formula is C17H18ClNO4. The number of ether oxygens (including phenoxy) is 3. The Labute approximate surface area is 140 Å². The van der Waals surface area contributed by atoms with E-state index in [-0.39, 0.29) is 12.3 Å². The smallest absolute Gasteiger partial charge is 0.228 e. The van der Waals surface area contributed by atoms with Gasteiger partial charge >= 0.3 is 0 Å². The summed E-state index contributed by atoms with van der Waals surface area (Å²) in [6.07, 6.45) is 0.151. The average Bonchev–Trinajstić information content (AvgIpc) is 2.57. The van der Waals surface area contributed by atoms with Gasteiger partial charge in [-0.15, -0.1) is 0 Å². The number of nitrogens with one attached hydrogen (secondary N) is 1. The minimum Gasteiger partial charge on any atom is -0.497 e. The lowest BCUT2D eigenvalue weighted by molar-refractivity contribution is -0.115. The lowest BCUT2D eigenvalue weighted by Gasteiger charge is -2.12. The van der Waals surface area contributed by atoms with Gasteiger partial charge in [0, 0.05) is 11.1 Å². The van der Waals surface area contributed by atoms with Crippen LogP contribution in [0.4, 0.5) is 5.69 Å². The van der Waals surface area contributed by atoms with Crippen molar-refractivity contribution in [2.45, 2.75) is 6.42 Å². The Bertz CT molecular complexity index is 703. The average molecular weight is 336 g/mol. The maximum atomic E-state index is 12.2. The molecule has 0 atom stereocenters. The second-order valence-corrected chi connectivity index (χ2v) is 5.16. The van der Waals surface area contributed by atoms with Gasteiger partial charge in [0.05, 0.1) is 33.4 Å². The number of hydrogen-bond acceptors (Lipinski definition) is 4. The standard InChI is InChI=1S/C17H18ClNO4/c1-21-12-5-4-11(14(18)9-12)8-17(20)19-15-7-6-13(22-2)10-16(15)23-3/h4-7,9-10H,8H2,1-3H3,(H,19,20). The molecule has 1 N–H and O–H groups in total. The van der Waals surface area contributed by atoms with Crippen LogP contribution in [0, 0.1) is 0 Å². The summed E-state index contributed by atoms with van der Waals surface area (Å²) in [4.78, 5) is 12.2. The monoisotopic (exact) mass is 335 g/mol. The molecule has 0 aliphatic carbocycles. The zero-order chi connectivity index (χ0) is 16.8. The van der Waals surface area contributed by atoms with Gasteiger partial charge in [-0.3, -0.25) is 4.79 Å². The molecular weight excluding hydrogens is 318 g/mol. The van der Waals surface area contributed by atoms with Crippen LogP contribution in [-0.4, -0.2) is 27.2 Å². The third-order valence-electron chi connectivity index (χ3n) is 3.29. The number of carbonyl (C=O) groups excluding carboxylic acids is 1. The molecule has 0 heterocycles. The maximum absolute atomic E-state index is 12.2. The molecule has 2 rings (SSSR count). The molecule has 0 saturated heterocycles. The molecule has 6 heteroatoms. The first-order valence-corrected chi connectivity index (χ1v) is 7.29. The van der Waals surface area contributed by atoms with Crippen molar-refractivity contribution in [3.05, 3.63) is 47.0 Å². The van der Waals surface area contributed by atoms with E-state index in [1.165, 1.54) is 7.11 Å². The highest BCUT2D eigenvalue weighted by molar-refractivity contribution is 6.31. The number of anilines is 1. The van der Waals surface area contributed by atoms with Gasteiger partial charge in [-0.2, -0.15) is 0 Å². The molecule has 0 unspecified atom stereocenters. The van der Waals surface area contributed by atoms with Crippen molar-refractivity contribution < 1.29 is 19.0 Å². The zero-order valence-corrected chi connectivity index (χ0v) is 13.9. The molecule has 0 aliphatic rings. The first-order valence-electron chi connectivity index (χ1n) is 6.91. The number of methoxy groups -OCH3 is 3. The highest BCUT2D eigenvalue weighted by Crippen LogP contribution is 2.29. The zero-order valence-electron chi connectivity index (χ0n) is 13.2. The summed E-state index contributed by atoms with van der Waals surface area (Å²) in [5, 5.41) is 3.29. The fraction of sp³-hybridized carbons (Fsp3) is 0.235. The van der Waals surface area contributed by atoms with E-state index in [9.17, 15) is 4.79 Å². The van der Waals surface area contributed by atoms with Gasteiger partial charge in [-0.05, 0) is 29.8 Å². The van der Waals surface area contributed by atoms with Gasteiger partial charge in [-0.1, -0.05) is 17.7 Å². The van der Waals surface area contributed by atoms with Crippen molar-refractivity contribution in [3.63, 3.8) is 0 Å². The van der Waals surface area contributed by atoms with E-state index in [0.717, 1.165) is 5.56 Å². The van der Waals surface area contributed by atoms with Crippen LogP contribution in [0.2, 0.25) is 5.02 Å². The lowest BCUT2D eigenvalue weighted by Crippen LogP contribution is -2.15. The van der Waals surface area contributed by atoms with Gasteiger partial charge in [-0.25, -0.2) is 0 Å². The quantitative estimate of drug-likeness (QED) is 0.877. The molecule has 122 valence electrons. The van der Waals surface area contributed by atoms with Crippen molar-refractivity contribution >= 4 is 23.2 Å². The van der Waals surface area contributed by atoms with Gasteiger partial charge in [0.1, 0.15) is 17.2 Å². The van der Waals surface area contributed by atoms with Crippen molar-refractivity contribution in [3.8, 4) is 17.2 Å². The van der Waals surface area contributed by atoms with Crippen molar-refractivity contribution in [1.29, 1.82) is 0 Å². The lowest BCUT2D eigenvalue weighted by atomic mass is 10.1. The third kappa shape index (κ3) is 4.29. The van der Waals surface area contributed by atoms with Crippen LogP contribution in [0.25, 0.3) is 0 Å². The van der Waals surface area contributed by atoms with Crippen molar-refractivity contribution in [2.75, 3.05) is 26.6 Å². The fourth-order valence-corrected chi connectivity index (χ4v) is 2.30. The number of amides is 1. The van der Waals surface area contributed by atoms with Crippen LogP contribution >= 0.6 is 11.6 Å². The molecule has 2 aromatic carbocycles. The van der Waals surface area contributed by atoms with E-state index in [0.29, 0.717) is 28.0 Å². The highest BCUT2D eigenvalue weighted by atomic mass is 35.5. The molecule has 0 aromatic heterocycles. The van der Waals surface area contributed by atoms with E-state index in [4.69, 9.17) is 25.8 Å². The van der Waals surface area contributed by atoms with Gasteiger partial charge < -0.3 is 19.5 Å². The summed E-state index contributed by atoms with van der Waals surface area (Å²) in [5.74, 6) is 1.63. The predicted molar refractivity (Wildman–Crippen MR) is 89.9 cm³/mol. The van der Waals surface area contributed by atoms with Crippen LogP contribution < -0.4 is 19.5 Å². The Hall–Kier alpha value is -2.40. The van der Waals surface area contributed by atoms with Crippen LogP contribution in [-0.2, 0) is 11.2 Å². The van der Waals surface area contributed by atoms with Crippen molar-refractivity contribution in [2.24, 2.45) is 0 Å². The summed E-state index contributed by atoms with van der Waals surface area (Å²) in [6.45, 7) is 0. The summed E-state index contributed by atoms with van der Waals surface area (Å²) >= 11 is 6.15. The topological polar surface area (TPSA) is 56.8 Å². The van der Waals surface area contributed by atoms with Gasteiger partial charge in [0.15, 0.2) is 0 Å². The molecule has 23 heavy (non-hydrogen) atoms. The number of benzene rings is 2. The SMILES string of the molecule is COc1ccc(CC(=O)Nc2ccc(OC)cc2OC)c(Cl)c1. The van der Waals surface area contributed by atoms with E-state index in [1.807, 2.05) is 0 Å². The Morgan fingerprint density at radius 3 is 2.26 bits per heavy atom.